The zero-order valence-corrected chi connectivity index (χ0v) is 15.0. The first-order valence-electron chi connectivity index (χ1n) is 7.74. The molecule has 25 heavy (non-hydrogen) atoms. The van der Waals surface area contributed by atoms with Crippen molar-refractivity contribution < 1.29 is 9.53 Å². The molecule has 2 aromatic heterocycles. The number of aromatic nitrogens is 2. The number of fused-ring (bicyclic) bond motifs is 1. The van der Waals surface area contributed by atoms with E-state index in [0.29, 0.717) is 23.9 Å². The smallest absolute Gasteiger partial charge is 0.231 e. The van der Waals surface area contributed by atoms with E-state index in [-0.39, 0.29) is 11.8 Å². The third-order valence-electron chi connectivity index (χ3n) is 4.10. The summed E-state index contributed by atoms with van der Waals surface area (Å²) in [4.78, 5) is 23.0. The van der Waals surface area contributed by atoms with Gasteiger partial charge in [-0.25, -0.2) is 9.97 Å². The number of nitrogens with zero attached hydrogens (tertiary/aromatic N) is 3. The highest BCUT2D eigenvalue weighted by Crippen LogP contribution is 2.34. The molecule has 0 aliphatic carbocycles. The molecule has 1 amide bonds. The summed E-state index contributed by atoms with van der Waals surface area (Å²) in [5.74, 6) is 0.750. The van der Waals surface area contributed by atoms with Gasteiger partial charge in [-0.1, -0.05) is 22.9 Å². The molecule has 0 radical (unpaired) electrons. The van der Waals surface area contributed by atoms with Crippen molar-refractivity contribution in [3.05, 3.63) is 41.7 Å². The number of carbonyl (C=O) groups excluding carboxylic acids is 1. The molecular weight excluding hydrogens is 360 g/mol. The summed E-state index contributed by atoms with van der Waals surface area (Å²) in [5, 5.41) is 4.20. The van der Waals surface area contributed by atoms with E-state index in [9.17, 15) is 4.79 Å². The van der Waals surface area contributed by atoms with Crippen molar-refractivity contribution in [1.82, 2.24) is 9.97 Å². The molecule has 6 nitrogen and oxygen atoms in total. The monoisotopic (exact) mass is 374 g/mol. The van der Waals surface area contributed by atoms with Crippen LogP contribution in [0.4, 0.5) is 10.8 Å². The summed E-state index contributed by atoms with van der Waals surface area (Å²) in [5.41, 5.74) is 1.60. The van der Waals surface area contributed by atoms with Gasteiger partial charge in [0.15, 0.2) is 5.13 Å². The molecule has 0 unspecified atom stereocenters. The van der Waals surface area contributed by atoms with Gasteiger partial charge in [0.2, 0.25) is 5.91 Å². The zero-order valence-electron chi connectivity index (χ0n) is 13.4. The van der Waals surface area contributed by atoms with Gasteiger partial charge in [0.05, 0.1) is 35.1 Å². The normalized spacial score (nSPS) is 14.4. The lowest BCUT2D eigenvalue weighted by Gasteiger charge is -2.37. The second-order valence-electron chi connectivity index (χ2n) is 5.79. The van der Waals surface area contributed by atoms with Crippen LogP contribution in [-0.2, 0) is 4.79 Å². The van der Waals surface area contributed by atoms with Gasteiger partial charge in [0, 0.05) is 13.1 Å². The number of halogens is 1. The van der Waals surface area contributed by atoms with E-state index >= 15 is 0 Å². The van der Waals surface area contributed by atoms with Crippen molar-refractivity contribution in [2.45, 2.75) is 0 Å². The minimum atomic E-state index is -0.0581. The number of thiazole rings is 1. The Morgan fingerprint density at radius 1 is 1.36 bits per heavy atom. The maximum absolute atomic E-state index is 12.3. The van der Waals surface area contributed by atoms with Crippen LogP contribution in [-0.4, -0.2) is 36.1 Å². The van der Waals surface area contributed by atoms with Crippen LogP contribution in [0.15, 0.2) is 36.5 Å². The second kappa shape index (κ2) is 6.50. The minimum absolute atomic E-state index is 0.0110. The summed E-state index contributed by atoms with van der Waals surface area (Å²) < 4.78 is 6.32. The Kier molecular flexibility index (Phi) is 4.19. The maximum atomic E-state index is 12.3. The molecule has 0 saturated carbocycles. The molecule has 128 valence electrons. The van der Waals surface area contributed by atoms with Crippen molar-refractivity contribution in [3.63, 3.8) is 0 Å². The second-order valence-corrected chi connectivity index (χ2v) is 7.19. The molecule has 1 aliphatic rings. The number of methoxy groups -OCH3 is 1. The lowest BCUT2D eigenvalue weighted by atomic mass is 10.00. The molecule has 8 heteroatoms. The molecule has 3 aromatic rings. The lowest BCUT2D eigenvalue weighted by molar-refractivity contribution is -0.120. The third-order valence-corrected chi connectivity index (χ3v) is 5.40. The maximum Gasteiger partial charge on any atom is 0.231 e. The minimum Gasteiger partial charge on any atom is -0.497 e. The number of amides is 1. The molecule has 0 bridgehead atoms. The SMILES string of the molecule is COc1ccc2nc(N3CC(C(=O)Nc4ccc(Cl)nc4)C3)sc2c1. The number of rotatable bonds is 4. The molecule has 1 aliphatic heterocycles. The molecular formula is C17H15ClN4O2S. The fourth-order valence-corrected chi connectivity index (χ4v) is 3.77. The van der Waals surface area contributed by atoms with Gasteiger partial charge in [-0.2, -0.15) is 0 Å². The molecule has 0 atom stereocenters. The van der Waals surface area contributed by atoms with Crippen molar-refractivity contribution in [3.8, 4) is 5.75 Å². The largest absolute Gasteiger partial charge is 0.497 e. The molecule has 0 spiro atoms. The highest BCUT2D eigenvalue weighted by molar-refractivity contribution is 7.22. The van der Waals surface area contributed by atoms with Crippen LogP contribution in [0, 0.1) is 5.92 Å². The summed E-state index contributed by atoms with van der Waals surface area (Å²) in [6.07, 6.45) is 1.55. The van der Waals surface area contributed by atoms with E-state index in [0.717, 1.165) is 21.1 Å². The highest BCUT2D eigenvalue weighted by atomic mass is 35.5. The fourth-order valence-electron chi connectivity index (χ4n) is 2.65. The van der Waals surface area contributed by atoms with Crippen molar-refractivity contribution in [2.24, 2.45) is 5.92 Å². The van der Waals surface area contributed by atoms with E-state index in [4.69, 9.17) is 16.3 Å². The first-order valence-corrected chi connectivity index (χ1v) is 8.94. The Balaban J connectivity index is 1.39. The number of ether oxygens (including phenoxy) is 1. The third kappa shape index (κ3) is 3.25. The number of pyridine rings is 1. The van der Waals surface area contributed by atoms with Crippen LogP contribution in [0.25, 0.3) is 10.2 Å². The van der Waals surface area contributed by atoms with Crippen LogP contribution < -0.4 is 15.0 Å². The lowest BCUT2D eigenvalue weighted by Crippen LogP contribution is -2.52. The molecule has 3 heterocycles. The molecule has 1 aromatic carbocycles. The van der Waals surface area contributed by atoms with E-state index in [2.05, 4.69) is 20.2 Å². The number of hydrogen-bond acceptors (Lipinski definition) is 6. The summed E-state index contributed by atoms with van der Waals surface area (Å²) in [6, 6.07) is 9.22. The Morgan fingerprint density at radius 2 is 2.20 bits per heavy atom. The van der Waals surface area contributed by atoms with E-state index < -0.39 is 0 Å². The quantitative estimate of drug-likeness (QED) is 0.708. The number of nitrogens with one attached hydrogen (secondary N) is 1. The molecule has 1 fully saturated rings. The van der Waals surface area contributed by atoms with Crippen molar-refractivity contribution in [2.75, 3.05) is 30.4 Å². The van der Waals surface area contributed by atoms with E-state index in [1.807, 2.05) is 18.2 Å². The number of hydrogen-bond donors (Lipinski definition) is 1. The Bertz CT molecular complexity index is 922. The van der Waals surface area contributed by atoms with Gasteiger partial charge in [0.25, 0.3) is 0 Å². The van der Waals surface area contributed by atoms with Gasteiger partial charge in [-0.3, -0.25) is 4.79 Å². The summed E-state index contributed by atoms with van der Waals surface area (Å²) in [6.45, 7) is 1.31. The van der Waals surface area contributed by atoms with Gasteiger partial charge >= 0.3 is 0 Å². The van der Waals surface area contributed by atoms with E-state index in [1.54, 1.807) is 36.8 Å². The first-order chi connectivity index (χ1) is 12.1. The van der Waals surface area contributed by atoms with Crippen LogP contribution in [0.3, 0.4) is 0 Å². The first kappa shape index (κ1) is 16.1. The molecule has 1 saturated heterocycles. The summed E-state index contributed by atoms with van der Waals surface area (Å²) in [7, 11) is 1.65. The summed E-state index contributed by atoms with van der Waals surface area (Å²) >= 11 is 7.35. The molecule has 4 rings (SSSR count). The van der Waals surface area contributed by atoms with Crippen molar-refractivity contribution >= 4 is 49.9 Å². The van der Waals surface area contributed by atoms with Crippen LogP contribution in [0.2, 0.25) is 5.15 Å². The van der Waals surface area contributed by atoms with E-state index in [1.165, 1.54) is 0 Å². The predicted octanol–water partition coefficient (Wildman–Crippen LogP) is 3.43. The van der Waals surface area contributed by atoms with Gasteiger partial charge in [-0.05, 0) is 30.3 Å². The number of benzene rings is 1. The average molecular weight is 375 g/mol. The Morgan fingerprint density at radius 3 is 2.92 bits per heavy atom. The standard InChI is InChI=1S/C17H15ClN4O2S/c1-24-12-3-4-13-14(6-12)25-17(21-13)22-8-10(9-22)16(23)20-11-2-5-15(18)19-7-11/h2-7,10H,8-9H2,1H3,(H,20,23). The zero-order chi connectivity index (χ0) is 17.4. The average Bonchev–Trinajstić information content (AvgIpc) is 2.98. The predicted molar refractivity (Wildman–Crippen MR) is 99.8 cm³/mol. The van der Waals surface area contributed by atoms with Crippen LogP contribution in [0.5, 0.6) is 5.75 Å². The van der Waals surface area contributed by atoms with Crippen LogP contribution >= 0.6 is 22.9 Å². The Hall–Kier alpha value is -2.38. The van der Waals surface area contributed by atoms with Gasteiger partial charge < -0.3 is 15.0 Å². The van der Waals surface area contributed by atoms with Crippen molar-refractivity contribution in [1.29, 1.82) is 0 Å². The topological polar surface area (TPSA) is 67.3 Å². The number of anilines is 2. The molecule has 1 N–H and O–H groups in total. The number of carbonyl (C=O) groups is 1. The van der Waals surface area contributed by atoms with Gasteiger partial charge in [-0.15, -0.1) is 0 Å². The highest BCUT2D eigenvalue weighted by Gasteiger charge is 2.34. The van der Waals surface area contributed by atoms with Crippen LogP contribution in [0.1, 0.15) is 0 Å². The van der Waals surface area contributed by atoms with Gasteiger partial charge in [0.1, 0.15) is 10.9 Å². The fraction of sp³-hybridized carbons (Fsp3) is 0.235. The Labute approximate surface area is 153 Å².